The molecule has 3 aromatic heterocycles. The number of para-hydroxylation sites is 2. The van der Waals surface area contributed by atoms with Crippen LogP contribution in [0.1, 0.15) is 0 Å². The van der Waals surface area contributed by atoms with Crippen molar-refractivity contribution < 1.29 is 4.42 Å². The third-order valence-corrected chi connectivity index (χ3v) is 11.7. The maximum Gasteiger partial charge on any atom is 0.238 e. The molecule has 12 rings (SSSR count). The molecule has 0 aliphatic rings. The molecular formula is C55H34N4O. The molecule has 0 spiro atoms. The van der Waals surface area contributed by atoms with E-state index in [1.54, 1.807) is 0 Å². The van der Waals surface area contributed by atoms with Crippen molar-refractivity contribution in [2.45, 2.75) is 0 Å². The summed E-state index contributed by atoms with van der Waals surface area (Å²) in [5, 5.41) is 6.77. The molecule has 0 aliphatic heterocycles. The fourth-order valence-electron chi connectivity index (χ4n) is 8.87. The molecule has 0 unspecified atom stereocenters. The average Bonchev–Trinajstić information content (AvgIpc) is 3.89. The Morgan fingerprint density at radius 1 is 0.333 bits per heavy atom. The van der Waals surface area contributed by atoms with E-state index >= 15 is 0 Å². The predicted molar refractivity (Wildman–Crippen MR) is 246 cm³/mol. The lowest BCUT2D eigenvalue weighted by Crippen LogP contribution is -2.07. The van der Waals surface area contributed by atoms with Gasteiger partial charge in [-0.25, -0.2) is 4.98 Å². The molecule has 0 atom stereocenters. The van der Waals surface area contributed by atoms with E-state index < -0.39 is 0 Å². The van der Waals surface area contributed by atoms with Crippen LogP contribution in [0.4, 0.5) is 0 Å². The predicted octanol–water partition coefficient (Wildman–Crippen LogP) is 14.4. The summed E-state index contributed by atoms with van der Waals surface area (Å²) in [6.07, 6.45) is 0. The van der Waals surface area contributed by atoms with Gasteiger partial charge in [0, 0.05) is 38.2 Å². The first-order chi connectivity index (χ1) is 29.7. The molecule has 0 saturated carbocycles. The van der Waals surface area contributed by atoms with Crippen LogP contribution in [0.15, 0.2) is 211 Å². The lowest BCUT2D eigenvalue weighted by Gasteiger charge is -2.14. The highest BCUT2D eigenvalue weighted by Gasteiger charge is 2.23. The minimum atomic E-state index is 0.543. The smallest absolute Gasteiger partial charge is 0.238 e. The van der Waals surface area contributed by atoms with E-state index in [0.717, 1.165) is 88.3 Å². The highest BCUT2D eigenvalue weighted by molar-refractivity contribution is 6.25. The highest BCUT2D eigenvalue weighted by atomic mass is 16.3. The van der Waals surface area contributed by atoms with Crippen molar-refractivity contribution in [2.75, 3.05) is 0 Å². The van der Waals surface area contributed by atoms with Crippen LogP contribution in [-0.2, 0) is 0 Å². The maximum absolute atomic E-state index is 6.42. The molecule has 5 heteroatoms. The lowest BCUT2D eigenvalue weighted by molar-refractivity contribution is 0.669. The molecule has 0 radical (unpaired) electrons. The van der Waals surface area contributed by atoms with Gasteiger partial charge in [-0.15, -0.1) is 0 Å². The summed E-state index contributed by atoms with van der Waals surface area (Å²) in [4.78, 5) is 16.0. The minimum absolute atomic E-state index is 0.543. The lowest BCUT2D eigenvalue weighted by atomic mass is 9.96. The molecule has 280 valence electrons. The molecular weight excluding hydrogens is 733 g/mol. The van der Waals surface area contributed by atoms with Crippen LogP contribution in [-0.4, -0.2) is 19.5 Å². The topological polar surface area (TPSA) is 56.7 Å². The van der Waals surface area contributed by atoms with Gasteiger partial charge in [-0.2, -0.15) is 9.97 Å². The summed E-state index contributed by atoms with van der Waals surface area (Å²) in [6.45, 7) is 0. The number of hydrogen-bond acceptors (Lipinski definition) is 4. The zero-order valence-corrected chi connectivity index (χ0v) is 32.3. The van der Waals surface area contributed by atoms with Crippen molar-refractivity contribution in [1.29, 1.82) is 0 Å². The molecule has 12 aromatic rings. The number of aromatic nitrogens is 4. The van der Waals surface area contributed by atoms with Gasteiger partial charge in [0.2, 0.25) is 5.95 Å². The molecule has 0 N–H and O–H groups in total. The Kier molecular flexibility index (Phi) is 7.78. The second kappa shape index (κ2) is 13.8. The SMILES string of the molecule is c1ccc(-c2ccc(-c3nc(-c4ccc(-c5ccccc5)cc4)nc(-n4c5ccc6ccccc6c5c5cccc(-c6cccc7oc8ccccc8c67)c54)n3)cc2)cc1. The summed E-state index contributed by atoms with van der Waals surface area (Å²) in [5.41, 5.74) is 12.3. The second-order valence-electron chi connectivity index (χ2n) is 15.2. The summed E-state index contributed by atoms with van der Waals surface area (Å²) < 4.78 is 8.67. The van der Waals surface area contributed by atoms with Crippen LogP contribution >= 0.6 is 0 Å². The van der Waals surface area contributed by atoms with Crippen LogP contribution in [0.3, 0.4) is 0 Å². The van der Waals surface area contributed by atoms with Gasteiger partial charge in [0.25, 0.3) is 0 Å². The second-order valence-corrected chi connectivity index (χ2v) is 15.2. The highest BCUT2D eigenvalue weighted by Crippen LogP contribution is 2.44. The zero-order chi connectivity index (χ0) is 39.6. The Hall–Kier alpha value is -8.15. The monoisotopic (exact) mass is 766 g/mol. The van der Waals surface area contributed by atoms with Gasteiger partial charge in [0.1, 0.15) is 11.2 Å². The first kappa shape index (κ1) is 33.9. The fourth-order valence-corrected chi connectivity index (χ4v) is 8.87. The van der Waals surface area contributed by atoms with Gasteiger partial charge in [0.15, 0.2) is 11.6 Å². The van der Waals surface area contributed by atoms with Crippen LogP contribution in [0.2, 0.25) is 0 Å². The number of nitrogens with zero attached hydrogens (tertiary/aromatic N) is 4. The normalized spacial score (nSPS) is 11.7. The van der Waals surface area contributed by atoms with Gasteiger partial charge in [-0.05, 0) is 56.8 Å². The number of rotatable bonds is 6. The van der Waals surface area contributed by atoms with E-state index in [2.05, 4.69) is 187 Å². The quantitative estimate of drug-likeness (QED) is 0.169. The number of furan rings is 1. The largest absolute Gasteiger partial charge is 0.456 e. The van der Waals surface area contributed by atoms with Crippen LogP contribution in [0, 0.1) is 0 Å². The Bertz CT molecular complexity index is 3470. The first-order valence-corrected chi connectivity index (χ1v) is 20.2. The molecule has 0 fully saturated rings. The molecule has 0 saturated heterocycles. The Labute approximate surface area is 345 Å². The molecule has 60 heavy (non-hydrogen) atoms. The standard InChI is InChI=1S/C55H34N4O/c1-3-13-35(14-4-1)37-25-29-40(30-26-37)53-56-54(41-31-27-38(28-32-41)36-15-5-2-6-16-36)58-55(57-53)59-47-34-33-39-17-7-8-18-42(39)50(47)46-22-11-21-44(52(46)59)43-20-12-24-49-51(43)45-19-9-10-23-48(45)60-49/h1-34H. The summed E-state index contributed by atoms with van der Waals surface area (Å²) in [6, 6.07) is 72.1. The average molecular weight is 767 g/mol. The number of hydrogen-bond donors (Lipinski definition) is 0. The summed E-state index contributed by atoms with van der Waals surface area (Å²) >= 11 is 0. The third-order valence-electron chi connectivity index (χ3n) is 11.7. The van der Waals surface area contributed by atoms with Crippen LogP contribution in [0.5, 0.6) is 0 Å². The zero-order valence-electron chi connectivity index (χ0n) is 32.3. The molecule has 0 bridgehead atoms. The molecule has 5 nitrogen and oxygen atoms in total. The number of benzene rings is 9. The van der Waals surface area contributed by atoms with Crippen LogP contribution in [0.25, 0.3) is 117 Å². The van der Waals surface area contributed by atoms with Crippen molar-refractivity contribution in [3.05, 3.63) is 206 Å². The number of fused-ring (bicyclic) bond motifs is 8. The van der Waals surface area contributed by atoms with E-state index in [1.807, 2.05) is 24.3 Å². The summed E-state index contributed by atoms with van der Waals surface area (Å²) in [5.74, 6) is 1.73. The Morgan fingerprint density at radius 3 is 1.53 bits per heavy atom. The van der Waals surface area contributed by atoms with Crippen molar-refractivity contribution in [3.8, 4) is 62.1 Å². The molecule has 9 aromatic carbocycles. The van der Waals surface area contributed by atoms with Gasteiger partial charge < -0.3 is 4.42 Å². The van der Waals surface area contributed by atoms with E-state index in [-0.39, 0.29) is 0 Å². The van der Waals surface area contributed by atoms with Crippen LogP contribution < -0.4 is 0 Å². The molecule has 3 heterocycles. The van der Waals surface area contributed by atoms with E-state index in [0.29, 0.717) is 17.6 Å². The van der Waals surface area contributed by atoms with Crippen molar-refractivity contribution in [3.63, 3.8) is 0 Å². The molecule has 0 aliphatic carbocycles. The third kappa shape index (κ3) is 5.52. The minimum Gasteiger partial charge on any atom is -0.456 e. The van der Waals surface area contributed by atoms with Gasteiger partial charge in [-0.3, -0.25) is 4.57 Å². The Balaban J connectivity index is 1.15. The molecule has 0 amide bonds. The van der Waals surface area contributed by atoms with Gasteiger partial charge in [-0.1, -0.05) is 188 Å². The van der Waals surface area contributed by atoms with E-state index in [4.69, 9.17) is 19.4 Å². The Morgan fingerprint density at radius 2 is 0.850 bits per heavy atom. The van der Waals surface area contributed by atoms with Crippen molar-refractivity contribution >= 4 is 54.5 Å². The van der Waals surface area contributed by atoms with Crippen molar-refractivity contribution in [2.24, 2.45) is 0 Å². The fraction of sp³-hybridized carbons (Fsp3) is 0. The summed E-state index contributed by atoms with van der Waals surface area (Å²) in [7, 11) is 0. The van der Waals surface area contributed by atoms with Gasteiger partial charge >= 0.3 is 0 Å². The van der Waals surface area contributed by atoms with E-state index in [1.165, 1.54) is 10.8 Å². The van der Waals surface area contributed by atoms with Gasteiger partial charge in [0.05, 0.1) is 11.0 Å². The van der Waals surface area contributed by atoms with Crippen molar-refractivity contribution in [1.82, 2.24) is 19.5 Å². The first-order valence-electron chi connectivity index (χ1n) is 20.2. The van der Waals surface area contributed by atoms with E-state index in [9.17, 15) is 0 Å². The maximum atomic E-state index is 6.42.